The van der Waals surface area contributed by atoms with Crippen LogP contribution >= 0.6 is 0 Å². The van der Waals surface area contributed by atoms with Gasteiger partial charge in [0, 0.05) is 6.54 Å². The van der Waals surface area contributed by atoms with Crippen LogP contribution in [-0.4, -0.2) is 41.0 Å². The summed E-state index contributed by atoms with van der Waals surface area (Å²) in [5.74, 6) is 0. The van der Waals surface area contributed by atoms with Crippen molar-refractivity contribution in [2.45, 2.75) is 39.1 Å². The molecule has 5 heteroatoms. The van der Waals surface area contributed by atoms with E-state index >= 15 is 0 Å². The van der Waals surface area contributed by atoms with Gasteiger partial charge in [-0.15, -0.1) is 0 Å². The average Bonchev–Trinajstić information content (AvgIpc) is 2.37. The second-order valence-electron chi connectivity index (χ2n) is 5.63. The molecule has 1 amide bonds. The minimum absolute atomic E-state index is 0.194. The van der Waals surface area contributed by atoms with Crippen LogP contribution in [0.5, 0.6) is 0 Å². The molecule has 0 saturated carbocycles. The number of hydrogen-bond donors (Lipinski definition) is 1. The number of ether oxygens (including phenoxy) is 1. The van der Waals surface area contributed by atoms with Crippen LogP contribution < -0.4 is 0 Å². The summed E-state index contributed by atoms with van der Waals surface area (Å²) in [6.45, 7) is 4.70. The van der Waals surface area contributed by atoms with Gasteiger partial charge in [0.05, 0.1) is 13.2 Å². The summed E-state index contributed by atoms with van der Waals surface area (Å²) < 4.78 is 18.6. The second-order valence-corrected chi connectivity index (χ2v) is 5.63. The molecule has 0 heterocycles. The summed E-state index contributed by atoms with van der Waals surface area (Å²) in [6.07, 6.45) is -2.07. The minimum atomic E-state index is -1.48. The third-order valence-electron chi connectivity index (χ3n) is 2.48. The Kier molecular flexibility index (Phi) is 5.95. The van der Waals surface area contributed by atoms with Gasteiger partial charge in [-0.1, -0.05) is 30.3 Å². The first-order chi connectivity index (χ1) is 9.31. The van der Waals surface area contributed by atoms with E-state index in [1.807, 2.05) is 30.3 Å². The predicted octanol–water partition coefficient (Wildman–Crippen LogP) is 2.75. The molecule has 0 aliphatic rings. The van der Waals surface area contributed by atoms with Crippen molar-refractivity contribution < 1.29 is 19.0 Å². The number of nitrogens with zero attached hydrogens (tertiary/aromatic N) is 1. The predicted molar refractivity (Wildman–Crippen MR) is 75.1 cm³/mol. The van der Waals surface area contributed by atoms with Crippen LogP contribution in [0.1, 0.15) is 26.3 Å². The maximum atomic E-state index is 13.4. The number of amides is 1. The Morgan fingerprint density at radius 1 is 1.35 bits per heavy atom. The molecule has 4 nitrogen and oxygen atoms in total. The van der Waals surface area contributed by atoms with E-state index < -0.39 is 24.5 Å². The Morgan fingerprint density at radius 3 is 2.45 bits per heavy atom. The minimum Gasteiger partial charge on any atom is -0.444 e. The van der Waals surface area contributed by atoms with Crippen molar-refractivity contribution in [3.8, 4) is 0 Å². The van der Waals surface area contributed by atoms with Crippen LogP contribution in [0.2, 0.25) is 0 Å². The van der Waals surface area contributed by atoms with Gasteiger partial charge in [-0.25, -0.2) is 9.18 Å². The molecule has 112 valence electrons. The van der Waals surface area contributed by atoms with Crippen LogP contribution in [0.3, 0.4) is 0 Å². The molecular formula is C15H22FNO3. The smallest absolute Gasteiger partial charge is 0.410 e. The van der Waals surface area contributed by atoms with Gasteiger partial charge < -0.3 is 14.7 Å². The van der Waals surface area contributed by atoms with Gasteiger partial charge in [0.25, 0.3) is 0 Å². The summed E-state index contributed by atoms with van der Waals surface area (Å²) in [7, 11) is 0. The number of benzene rings is 1. The fourth-order valence-corrected chi connectivity index (χ4v) is 1.63. The van der Waals surface area contributed by atoms with Crippen molar-refractivity contribution in [3.63, 3.8) is 0 Å². The molecule has 0 aliphatic carbocycles. The number of rotatable bonds is 5. The van der Waals surface area contributed by atoms with Crippen LogP contribution in [0.4, 0.5) is 9.18 Å². The first-order valence-electron chi connectivity index (χ1n) is 6.58. The van der Waals surface area contributed by atoms with Crippen LogP contribution in [-0.2, 0) is 11.3 Å². The lowest BCUT2D eigenvalue weighted by Crippen LogP contribution is -2.40. The average molecular weight is 283 g/mol. The molecule has 0 spiro atoms. The highest BCUT2D eigenvalue weighted by molar-refractivity contribution is 5.68. The summed E-state index contributed by atoms with van der Waals surface area (Å²) in [5, 5.41) is 8.81. The maximum Gasteiger partial charge on any atom is 0.410 e. The Bertz CT molecular complexity index is 417. The molecule has 0 radical (unpaired) electrons. The van der Waals surface area contributed by atoms with E-state index in [0.717, 1.165) is 5.56 Å². The highest BCUT2D eigenvalue weighted by Crippen LogP contribution is 2.13. The standard InChI is InChI=1S/C15H22FNO3/c1-15(2,3)20-14(19)17(10-13(16)11-18)9-12-7-5-4-6-8-12/h4-8,13,18H,9-11H2,1-3H3/t13-/m0/s1. The molecular weight excluding hydrogens is 261 g/mol. The highest BCUT2D eigenvalue weighted by atomic mass is 19.1. The third kappa shape index (κ3) is 6.02. The normalized spacial score (nSPS) is 12.8. The maximum absolute atomic E-state index is 13.4. The summed E-state index contributed by atoms with van der Waals surface area (Å²) >= 11 is 0. The largest absolute Gasteiger partial charge is 0.444 e. The Morgan fingerprint density at radius 2 is 1.95 bits per heavy atom. The first kappa shape index (κ1) is 16.4. The zero-order valence-corrected chi connectivity index (χ0v) is 12.2. The van der Waals surface area contributed by atoms with E-state index in [1.54, 1.807) is 20.8 Å². The van der Waals surface area contributed by atoms with Crippen molar-refractivity contribution in [2.75, 3.05) is 13.2 Å². The van der Waals surface area contributed by atoms with Gasteiger partial charge in [0.1, 0.15) is 11.8 Å². The lowest BCUT2D eigenvalue weighted by Gasteiger charge is -2.28. The molecule has 0 aliphatic heterocycles. The molecule has 0 unspecified atom stereocenters. The lowest BCUT2D eigenvalue weighted by molar-refractivity contribution is 0.0156. The lowest BCUT2D eigenvalue weighted by atomic mass is 10.2. The monoisotopic (exact) mass is 283 g/mol. The van der Waals surface area contributed by atoms with E-state index in [-0.39, 0.29) is 13.1 Å². The van der Waals surface area contributed by atoms with Crippen molar-refractivity contribution in [3.05, 3.63) is 35.9 Å². The van der Waals surface area contributed by atoms with Crippen LogP contribution in [0, 0.1) is 0 Å². The molecule has 0 aromatic heterocycles. The summed E-state index contributed by atoms with van der Waals surface area (Å²) in [5.41, 5.74) is 0.236. The quantitative estimate of drug-likeness (QED) is 0.904. The van der Waals surface area contributed by atoms with Gasteiger partial charge >= 0.3 is 6.09 Å². The number of aliphatic hydroxyl groups is 1. The fourth-order valence-electron chi connectivity index (χ4n) is 1.63. The molecule has 1 aromatic rings. The second kappa shape index (κ2) is 7.24. The van der Waals surface area contributed by atoms with Crippen LogP contribution in [0.25, 0.3) is 0 Å². The number of carbonyl (C=O) groups excluding carboxylic acids is 1. The van der Waals surface area contributed by atoms with E-state index in [0.29, 0.717) is 0 Å². The van der Waals surface area contributed by atoms with Crippen molar-refractivity contribution >= 4 is 6.09 Å². The van der Waals surface area contributed by atoms with E-state index in [1.165, 1.54) is 4.90 Å². The SMILES string of the molecule is CC(C)(C)OC(=O)N(Cc1ccccc1)C[C@H](F)CO. The number of alkyl halides is 1. The van der Waals surface area contributed by atoms with Gasteiger partial charge in [0.2, 0.25) is 0 Å². The third-order valence-corrected chi connectivity index (χ3v) is 2.48. The Balaban J connectivity index is 2.77. The van der Waals surface area contributed by atoms with Crippen molar-refractivity contribution in [2.24, 2.45) is 0 Å². The van der Waals surface area contributed by atoms with E-state index in [2.05, 4.69) is 0 Å². The molecule has 0 saturated heterocycles. The van der Waals surface area contributed by atoms with Crippen LogP contribution in [0.15, 0.2) is 30.3 Å². The molecule has 0 bridgehead atoms. The van der Waals surface area contributed by atoms with Gasteiger partial charge in [-0.05, 0) is 26.3 Å². The van der Waals surface area contributed by atoms with Gasteiger partial charge in [0.15, 0.2) is 0 Å². The fraction of sp³-hybridized carbons (Fsp3) is 0.533. The number of carbonyl (C=O) groups is 1. The number of hydrogen-bond acceptors (Lipinski definition) is 3. The topological polar surface area (TPSA) is 49.8 Å². The van der Waals surface area contributed by atoms with Gasteiger partial charge in [-0.2, -0.15) is 0 Å². The van der Waals surface area contributed by atoms with Gasteiger partial charge in [-0.3, -0.25) is 0 Å². The zero-order valence-electron chi connectivity index (χ0n) is 12.2. The zero-order chi connectivity index (χ0) is 15.2. The molecule has 1 atom stereocenters. The number of aliphatic hydroxyl groups excluding tert-OH is 1. The van der Waals surface area contributed by atoms with Crippen molar-refractivity contribution in [1.82, 2.24) is 4.90 Å². The molecule has 1 rings (SSSR count). The Labute approximate surface area is 119 Å². The summed E-state index contributed by atoms with van der Waals surface area (Å²) in [6, 6.07) is 9.27. The first-order valence-corrected chi connectivity index (χ1v) is 6.58. The Hall–Kier alpha value is -1.62. The molecule has 0 fully saturated rings. The van der Waals surface area contributed by atoms with E-state index in [9.17, 15) is 9.18 Å². The molecule has 1 N–H and O–H groups in total. The highest BCUT2D eigenvalue weighted by Gasteiger charge is 2.24. The molecule has 20 heavy (non-hydrogen) atoms. The van der Waals surface area contributed by atoms with Crippen molar-refractivity contribution in [1.29, 1.82) is 0 Å². The summed E-state index contributed by atoms with van der Waals surface area (Å²) in [4.78, 5) is 13.3. The molecule has 1 aromatic carbocycles. The van der Waals surface area contributed by atoms with E-state index in [4.69, 9.17) is 9.84 Å². The number of halogens is 1.